The number of rotatable bonds is 3. The molecule has 0 spiro atoms. The van der Waals surface area contributed by atoms with E-state index in [-0.39, 0.29) is 17.5 Å². The highest BCUT2D eigenvalue weighted by atomic mass is 19.4. The van der Waals surface area contributed by atoms with E-state index in [1.54, 1.807) is 0 Å². The van der Waals surface area contributed by atoms with Crippen LogP contribution in [0.4, 0.5) is 23.7 Å². The van der Waals surface area contributed by atoms with Crippen LogP contribution in [-0.2, 0) is 6.18 Å². The maximum atomic E-state index is 13.0. The molecule has 5 nitrogen and oxygen atoms in total. The Hall–Kier alpha value is -1.96. The number of nitrogens with zero attached hydrogens (tertiary/aromatic N) is 1. The van der Waals surface area contributed by atoms with E-state index in [0.717, 1.165) is 24.7 Å². The molecule has 2 N–H and O–H groups in total. The van der Waals surface area contributed by atoms with Gasteiger partial charge >= 0.3 is 12.3 Å². The van der Waals surface area contributed by atoms with E-state index in [4.69, 9.17) is 9.84 Å². The minimum Gasteiger partial charge on any atom is -0.488 e. The lowest BCUT2D eigenvalue weighted by molar-refractivity contribution is -0.139. The molecule has 8 heteroatoms. The highest BCUT2D eigenvalue weighted by Crippen LogP contribution is 2.38. The molecule has 1 aromatic carbocycles. The highest BCUT2D eigenvalue weighted by Gasteiger charge is 2.35. The van der Waals surface area contributed by atoms with Crippen LogP contribution >= 0.6 is 0 Å². The summed E-state index contributed by atoms with van der Waals surface area (Å²) in [4.78, 5) is 12.5. The molecule has 1 amide bonds. The van der Waals surface area contributed by atoms with Gasteiger partial charge in [0.1, 0.15) is 11.9 Å². The molecule has 116 valence electrons. The second kappa shape index (κ2) is 5.80. The molecule has 1 fully saturated rings. The molecule has 1 atom stereocenters. The molecule has 0 radical (unpaired) electrons. The predicted molar refractivity (Wildman–Crippen MR) is 69.6 cm³/mol. The van der Waals surface area contributed by atoms with Crippen LogP contribution in [0.15, 0.2) is 18.2 Å². The molecular weight excluding hydrogens is 289 g/mol. The second-order valence-corrected chi connectivity index (χ2v) is 4.93. The number of hydrogen-bond donors (Lipinski definition) is 2. The number of amides is 1. The molecule has 1 unspecified atom stereocenters. The first-order valence-electron chi connectivity index (χ1n) is 6.32. The van der Waals surface area contributed by atoms with E-state index in [9.17, 15) is 18.0 Å². The lowest BCUT2D eigenvalue weighted by Gasteiger charge is -2.19. The van der Waals surface area contributed by atoms with Crippen LogP contribution in [0.5, 0.6) is 5.75 Å². The number of benzene rings is 1. The van der Waals surface area contributed by atoms with Crippen LogP contribution in [0.3, 0.4) is 0 Å². The fraction of sp³-hybridized carbons (Fsp3) is 0.462. The molecule has 2 rings (SSSR count). The Kier molecular flexibility index (Phi) is 4.26. The zero-order valence-corrected chi connectivity index (χ0v) is 11.3. The smallest absolute Gasteiger partial charge is 0.419 e. The van der Waals surface area contributed by atoms with Crippen molar-refractivity contribution >= 4 is 11.8 Å². The second-order valence-electron chi connectivity index (χ2n) is 4.93. The van der Waals surface area contributed by atoms with Crippen molar-refractivity contribution in [3.8, 4) is 5.75 Å². The predicted octanol–water partition coefficient (Wildman–Crippen LogP) is 2.88. The van der Waals surface area contributed by atoms with Crippen molar-refractivity contribution in [1.82, 2.24) is 4.90 Å². The Morgan fingerprint density at radius 1 is 1.48 bits per heavy atom. The maximum Gasteiger partial charge on any atom is 0.419 e. The Morgan fingerprint density at radius 3 is 2.71 bits per heavy atom. The number of halogens is 3. The number of hydrogen-bond acceptors (Lipinski definition) is 3. The first-order chi connectivity index (χ1) is 9.75. The van der Waals surface area contributed by atoms with E-state index < -0.39 is 17.8 Å². The van der Waals surface area contributed by atoms with E-state index in [0.29, 0.717) is 13.0 Å². The average molecular weight is 304 g/mol. The summed E-state index contributed by atoms with van der Waals surface area (Å²) in [5.74, 6) is -0.353. The van der Waals surface area contributed by atoms with Crippen LogP contribution in [0.2, 0.25) is 0 Å². The third-order valence-electron chi connectivity index (χ3n) is 3.18. The SMILES string of the molecule is CN1CCC(Oc2cc(NC(=O)O)ccc2C(F)(F)F)C1. The third-order valence-corrected chi connectivity index (χ3v) is 3.18. The van der Waals surface area contributed by atoms with Crippen molar-refractivity contribution < 1.29 is 27.8 Å². The Bertz CT molecular complexity index is 534. The van der Waals surface area contributed by atoms with Gasteiger partial charge in [0.2, 0.25) is 0 Å². The summed E-state index contributed by atoms with van der Waals surface area (Å²) in [6, 6.07) is 2.94. The number of carboxylic acid groups (broad SMARTS) is 1. The quantitative estimate of drug-likeness (QED) is 0.901. The number of ether oxygens (including phenoxy) is 1. The standard InChI is InChI=1S/C13H15F3N2O3/c1-18-5-4-9(7-18)21-11-6-8(17-12(19)20)2-3-10(11)13(14,15)16/h2-3,6,9,17H,4-5,7H2,1H3,(H,19,20). The maximum absolute atomic E-state index is 13.0. The molecule has 1 saturated heterocycles. The van der Waals surface area contributed by atoms with E-state index in [1.165, 1.54) is 0 Å². The van der Waals surface area contributed by atoms with Gasteiger partial charge in [-0.1, -0.05) is 0 Å². The van der Waals surface area contributed by atoms with Gasteiger partial charge in [-0.15, -0.1) is 0 Å². The first-order valence-corrected chi connectivity index (χ1v) is 6.32. The number of nitrogens with one attached hydrogen (secondary N) is 1. The van der Waals surface area contributed by atoms with Crippen LogP contribution in [0.1, 0.15) is 12.0 Å². The molecule has 0 bridgehead atoms. The lowest BCUT2D eigenvalue weighted by atomic mass is 10.1. The van der Waals surface area contributed by atoms with Gasteiger partial charge in [0.25, 0.3) is 0 Å². The minimum absolute atomic E-state index is 0.0388. The minimum atomic E-state index is -4.55. The van der Waals surface area contributed by atoms with Gasteiger partial charge in [-0.05, 0) is 25.6 Å². The Morgan fingerprint density at radius 2 is 2.19 bits per heavy atom. The molecule has 1 aliphatic rings. The van der Waals surface area contributed by atoms with Crippen molar-refractivity contribution in [3.63, 3.8) is 0 Å². The van der Waals surface area contributed by atoms with Gasteiger partial charge < -0.3 is 14.7 Å². The van der Waals surface area contributed by atoms with Gasteiger partial charge in [-0.25, -0.2) is 4.79 Å². The van der Waals surface area contributed by atoms with Crippen LogP contribution < -0.4 is 10.1 Å². The van der Waals surface area contributed by atoms with Crippen molar-refractivity contribution in [1.29, 1.82) is 0 Å². The van der Waals surface area contributed by atoms with E-state index >= 15 is 0 Å². The van der Waals surface area contributed by atoms with Gasteiger partial charge in [-0.2, -0.15) is 13.2 Å². The molecule has 1 aromatic rings. The molecule has 0 saturated carbocycles. The van der Waals surface area contributed by atoms with E-state index in [1.807, 2.05) is 17.3 Å². The summed E-state index contributed by atoms with van der Waals surface area (Å²) >= 11 is 0. The van der Waals surface area contributed by atoms with Gasteiger partial charge in [0.15, 0.2) is 0 Å². The van der Waals surface area contributed by atoms with Gasteiger partial charge in [-0.3, -0.25) is 5.32 Å². The number of likely N-dealkylation sites (tertiary alicyclic amines) is 1. The Balaban J connectivity index is 2.27. The van der Waals surface area contributed by atoms with Gasteiger partial charge in [0.05, 0.1) is 5.56 Å². The average Bonchev–Trinajstić information content (AvgIpc) is 2.72. The molecule has 1 heterocycles. The summed E-state index contributed by atoms with van der Waals surface area (Å²) in [5.41, 5.74) is -0.871. The summed E-state index contributed by atoms with van der Waals surface area (Å²) in [6.07, 6.45) is -5.61. The van der Waals surface area contributed by atoms with Crippen LogP contribution in [0.25, 0.3) is 0 Å². The van der Waals surface area contributed by atoms with Gasteiger partial charge in [0, 0.05) is 24.8 Å². The fourth-order valence-electron chi connectivity index (χ4n) is 2.23. The largest absolute Gasteiger partial charge is 0.488 e. The number of carbonyl (C=O) groups is 1. The normalized spacial score (nSPS) is 19.5. The molecule has 1 aliphatic heterocycles. The summed E-state index contributed by atoms with van der Waals surface area (Å²) in [7, 11) is 1.86. The fourth-order valence-corrected chi connectivity index (χ4v) is 2.23. The van der Waals surface area contributed by atoms with E-state index in [2.05, 4.69) is 0 Å². The molecule has 21 heavy (non-hydrogen) atoms. The summed E-state index contributed by atoms with van der Waals surface area (Å²) in [5, 5.41) is 10.6. The van der Waals surface area contributed by atoms with Crippen molar-refractivity contribution in [3.05, 3.63) is 23.8 Å². The first kappa shape index (κ1) is 15.4. The van der Waals surface area contributed by atoms with Crippen LogP contribution in [0, 0.1) is 0 Å². The number of alkyl halides is 3. The topological polar surface area (TPSA) is 61.8 Å². The Labute approximate surface area is 119 Å². The van der Waals surface area contributed by atoms with Crippen molar-refractivity contribution in [2.75, 3.05) is 25.5 Å². The van der Waals surface area contributed by atoms with Crippen molar-refractivity contribution in [2.24, 2.45) is 0 Å². The third kappa shape index (κ3) is 4.01. The molecular formula is C13H15F3N2O3. The number of likely N-dealkylation sites (N-methyl/N-ethyl adjacent to an activating group) is 1. The molecule has 0 aromatic heterocycles. The highest BCUT2D eigenvalue weighted by molar-refractivity contribution is 5.83. The monoisotopic (exact) mass is 304 g/mol. The van der Waals surface area contributed by atoms with Crippen molar-refractivity contribution in [2.45, 2.75) is 18.7 Å². The summed E-state index contributed by atoms with van der Waals surface area (Å²) in [6.45, 7) is 1.28. The number of anilines is 1. The summed E-state index contributed by atoms with van der Waals surface area (Å²) < 4.78 is 44.3. The lowest BCUT2D eigenvalue weighted by Crippen LogP contribution is -2.23. The van der Waals surface area contributed by atoms with Crippen LogP contribution in [-0.4, -0.2) is 42.3 Å². The molecule has 0 aliphatic carbocycles. The zero-order chi connectivity index (χ0) is 15.6. The zero-order valence-electron chi connectivity index (χ0n) is 11.3.